The zero-order valence-corrected chi connectivity index (χ0v) is 15.6. The summed E-state index contributed by atoms with van der Waals surface area (Å²) in [6, 6.07) is 7.66. The molecule has 0 aromatic heterocycles. The van der Waals surface area contributed by atoms with Gasteiger partial charge in [0, 0.05) is 15.7 Å². The molecule has 3 nitrogen and oxygen atoms in total. The molecule has 23 heavy (non-hydrogen) atoms. The molecule has 0 atom stereocenters. The summed E-state index contributed by atoms with van der Waals surface area (Å²) in [6.45, 7) is 1.24. The smallest absolute Gasteiger partial charge is 0.251 e. The number of rotatable bonds is 5. The van der Waals surface area contributed by atoms with Crippen molar-refractivity contribution in [1.82, 2.24) is 5.32 Å². The maximum atomic E-state index is 12.1. The molecule has 0 unspecified atom stereocenters. The Morgan fingerprint density at radius 2 is 1.65 bits per heavy atom. The van der Waals surface area contributed by atoms with E-state index in [2.05, 4.69) is 27.9 Å². The Bertz CT molecular complexity index is 548. The maximum Gasteiger partial charge on any atom is 0.251 e. The molecule has 1 aromatic carbocycles. The van der Waals surface area contributed by atoms with E-state index < -0.39 is 0 Å². The van der Waals surface area contributed by atoms with Crippen LogP contribution in [0.3, 0.4) is 0 Å². The summed E-state index contributed by atoms with van der Waals surface area (Å²) < 4.78 is 7.47. The van der Waals surface area contributed by atoms with Gasteiger partial charge in [-0.3, -0.25) is 4.79 Å². The van der Waals surface area contributed by atoms with E-state index in [0.29, 0.717) is 13.2 Å². The van der Waals surface area contributed by atoms with Crippen molar-refractivity contribution in [2.45, 2.75) is 44.1 Å². The van der Waals surface area contributed by atoms with Gasteiger partial charge < -0.3 is 10.1 Å². The second kappa shape index (κ2) is 6.36. The Morgan fingerprint density at radius 3 is 2.22 bits per heavy atom. The molecule has 4 heteroatoms. The molecule has 4 bridgehead atoms. The monoisotopic (exact) mass is 425 g/mol. The summed E-state index contributed by atoms with van der Waals surface area (Å²) in [5.41, 5.74) is 0.864. The first-order valence-corrected chi connectivity index (χ1v) is 9.87. The van der Waals surface area contributed by atoms with Crippen LogP contribution in [0.1, 0.15) is 48.9 Å². The van der Waals surface area contributed by atoms with Crippen molar-refractivity contribution in [3.05, 3.63) is 33.4 Å². The zero-order valence-electron chi connectivity index (χ0n) is 13.4. The topological polar surface area (TPSA) is 38.3 Å². The van der Waals surface area contributed by atoms with Crippen LogP contribution in [-0.4, -0.2) is 24.7 Å². The van der Waals surface area contributed by atoms with Crippen molar-refractivity contribution in [1.29, 1.82) is 0 Å². The molecule has 0 heterocycles. The molecule has 4 aliphatic carbocycles. The highest BCUT2D eigenvalue weighted by molar-refractivity contribution is 14.1. The van der Waals surface area contributed by atoms with E-state index in [9.17, 15) is 4.79 Å². The van der Waals surface area contributed by atoms with Crippen molar-refractivity contribution < 1.29 is 9.53 Å². The summed E-state index contributed by atoms with van der Waals surface area (Å²) in [4.78, 5) is 12.1. The van der Waals surface area contributed by atoms with Gasteiger partial charge in [-0.2, -0.15) is 0 Å². The van der Waals surface area contributed by atoms with Crippen LogP contribution >= 0.6 is 22.6 Å². The number of hydrogen-bond acceptors (Lipinski definition) is 2. The first kappa shape index (κ1) is 15.9. The van der Waals surface area contributed by atoms with Crippen LogP contribution < -0.4 is 5.32 Å². The number of benzene rings is 1. The Labute approximate surface area is 151 Å². The molecule has 0 spiro atoms. The molecule has 5 rings (SSSR count). The van der Waals surface area contributed by atoms with Gasteiger partial charge in [0.15, 0.2) is 0 Å². The molecule has 0 saturated heterocycles. The van der Waals surface area contributed by atoms with Crippen molar-refractivity contribution in [3.63, 3.8) is 0 Å². The maximum absolute atomic E-state index is 12.1. The fourth-order valence-electron chi connectivity index (χ4n) is 5.34. The molecule has 0 radical (unpaired) electrons. The molecule has 1 N–H and O–H groups in total. The van der Waals surface area contributed by atoms with E-state index in [1.807, 2.05) is 24.3 Å². The van der Waals surface area contributed by atoms with Gasteiger partial charge in [-0.05, 0) is 103 Å². The quantitative estimate of drug-likeness (QED) is 0.572. The Balaban J connectivity index is 1.26. The number of nitrogens with one attached hydrogen (secondary N) is 1. The Kier molecular flexibility index (Phi) is 4.39. The molecule has 4 fully saturated rings. The fourth-order valence-corrected chi connectivity index (χ4v) is 5.70. The number of hydrogen-bond donors (Lipinski definition) is 1. The van der Waals surface area contributed by atoms with E-state index in [0.717, 1.165) is 26.9 Å². The Hall–Kier alpha value is -0.620. The molecular weight excluding hydrogens is 401 g/mol. The highest BCUT2D eigenvalue weighted by Gasteiger charge is 2.51. The minimum atomic E-state index is -0.00416. The lowest BCUT2D eigenvalue weighted by Crippen LogP contribution is -2.52. The summed E-state index contributed by atoms with van der Waals surface area (Å²) in [5.74, 6) is 2.71. The van der Waals surface area contributed by atoms with E-state index in [1.165, 1.54) is 38.5 Å². The van der Waals surface area contributed by atoms with Crippen molar-refractivity contribution in [3.8, 4) is 0 Å². The minimum Gasteiger partial charge on any atom is -0.373 e. The molecule has 0 aliphatic heterocycles. The standard InChI is InChI=1S/C19H24INO2/c20-17-3-1-16(2-4-17)18(22)21-5-6-23-19-10-13-7-14(11-19)9-15(8-13)12-19/h1-4,13-15H,5-12H2,(H,21,22). The molecule has 1 aromatic rings. The van der Waals surface area contributed by atoms with E-state index in [1.54, 1.807) is 0 Å². The van der Waals surface area contributed by atoms with Gasteiger partial charge in [-0.15, -0.1) is 0 Å². The van der Waals surface area contributed by atoms with Gasteiger partial charge in [-0.1, -0.05) is 0 Å². The third kappa shape index (κ3) is 3.43. The van der Waals surface area contributed by atoms with Crippen molar-refractivity contribution >= 4 is 28.5 Å². The first-order chi connectivity index (χ1) is 11.1. The normalized spacial score (nSPS) is 34.6. The van der Waals surface area contributed by atoms with Gasteiger partial charge in [0.1, 0.15) is 0 Å². The third-order valence-electron chi connectivity index (χ3n) is 5.88. The SMILES string of the molecule is O=C(NCCOC12CC3CC(CC(C3)C1)C2)c1ccc(I)cc1. The van der Waals surface area contributed by atoms with Crippen LogP contribution in [-0.2, 0) is 4.74 Å². The van der Waals surface area contributed by atoms with Crippen LogP contribution in [0.5, 0.6) is 0 Å². The lowest BCUT2D eigenvalue weighted by molar-refractivity contribution is -0.160. The van der Waals surface area contributed by atoms with Crippen LogP contribution in [0.4, 0.5) is 0 Å². The number of halogens is 1. The Morgan fingerprint density at radius 1 is 1.09 bits per heavy atom. The number of amides is 1. The third-order valence-corrected chi connectivity index (χ3v) is 6.60. The number of carbonyl (C=O) groups excluding carboxylic acids is 1. The van der Waals surface area contributed by atoms with Gasteiger partial charge in [0.25, 0.3) is 5.91 Å². The molecule has 4 saturated carbocycles. The predicted molar refractivity (Wildman–Crippen MR) is 98.3 cm³/mol. The van der Waals surface area contributed by atoms with Gasteiger partial charge in [0.2, 0.25) is 0 Å². The highest BCUT2D eigenvalue weighted by atomic mass is 127. The lowest BCUT2D eigenvalue weighted by atomic mass is 9.54. The summed E-state index contributed by atoms with van der Waals surface area (Å²) >= 11 is 2.25. The van der Waals surface area contributed by atoms with Gasteiger partial charge in [0.05, 0.1) is 12.2 Å². The lowest BCUT2D eigenvalue weighted by Gasteiger charge is -2.56. The second-order valence-electron chi connectivity index (χ2n) is 7.71. The average Bonchev–Trinajstić information content (AvgIpc) is 2.51. The van der Waals surface area contributed by atoms with E-state index in [4.69, 9.17) is 4.74 Å². The highest BCUT2D eigenvalue weighted by Crippen LogP contribution is 2.57. The summed E-state index contributed by atoms with van der Waals surface area (Å²) in [6.07, 6.45) is 8.07. The summed E-state index contributed by atoms with van der Waals surface area (Å²) in [7, 11) is 0. The van der Waals surface area contributed by atoms with Crippen LogP contribution in [0, 0.1) is 21.3 Å². The molecular formula is C19H24INO2. The predicted octanol–water partition coefficient (Wildman–Crippen LogP) is 4.01. The number of ether oxygens (including phenoxy) is 1. The van der Waals surface area contributed by atoms with Crippen LogP contribution in [0.25, 0.3) is 0 Å². The largest absolute Gasteiger partial charge is 0.373 e. The van der Waals surface area contributed by atoms with E-state index >= 15 is 0 Å². The van der Waals surface area contributed by atoms with Gasteiger partial charge >= 0.3 is 0 Å². The average molecular weight is 425 g/mol. The number of carbonyl (C=O) groups is 1. The van der Waals surface area contributed by atoms with Gasteiger partial charge in [-0.25, -0.2) is 0 Å². The fraction of sp³-hybridized carbons (Fsp3) is 0.632. The summed E-state index contributed by atoms with van der Waals surface area (Å²) in [5, 5.41) is 2.98. The minimum absolute atomic E-state index is 0.00416. The molecule has 124 valence electrons. The zero-order chi connectivity index (χ0) is 15.9. The van der Waals surface area contributed by atoms with Crippen LogP contribution in [0.2, 0.25) is 0 Å². The first-order valence-electron chi connectivity index (χ1n) is 8.80. The molecule has 4 aliphatic rings. The van der Waals surface area contributed by atoms with Crippen molar-refractivity contribution in [2.75, 3.05) is 13.2 Å². The molecule has 1 amide bonds. The van der Waals surface area contributed by atoms with Crippen molar-refractivity contribution in [2.24, 2.45) is 17.8 Å². The van der Waals surface area contributed by atoms with Crippen LogP contribution in [0.15, 0.2) is 24.3 Å². The second-order valence-corrected chi connectivity index (χ2v) is 8.96. The van der Waals surface area contributed by atoms with E-state index in [-0.39, 0.29) is 11.5 Å².